The second-order valence-corrected chi connectivity index (χ2v) is 10.4. The van der Waals surface area contributed by atoms with Crippen LogP contribution in [0.5, 0.6) is 5.75 Å². The first kappa shape index (κ1) is 25.1. The van der Waals surface area contributed by atoms with Gasteiger partial charge in [0.1, 0.15) is 5.75 Å². The van der Waals surface area contributed by atoms with Crippen LogP contribution >= 0.6 is 0 Å². The highest BCUT2D eigenvalue weighted by molar-refractivity contribution is 7.89. The highest BCUT2D eigenvalue weighted by Crippen LogP contribution is 2.32. The van der Waals surface area contributed by atoms with E-state index in [1.807, 2.05) is 31.2 Å². The lowest BCUT2D eigenvalue weighted by Crippen LogP contribution is -2.47. The SMILES string of the molecule is COC(=O)[C@@H](CNS(=O)(=O)c1ccc(C)cc1)[C@H](Nc1ccc(OC)cc1)C1CCCCC1. The molecule has 0 aliphatic heterocycles. The highest BCUT2D eigenvalue weighted by Gasteiger charge is 2.36. The lowest BCUT2D eigenvalue weighted by Gasteiger charge is -2.36. The fourth-order valence-electron chi connectivity index (χ4n) is 4.43. The molecule has 0 amide bonds. The van der Waals surface area contributed by atoms with Crippen molar-refractivity contribution in [2.24, 2.45) is 11.8 Å². The molecule has 180 valence electrons. The van der Waals surface area contributed by atoms with E-state index in [0.717, 1.165) is 42.7 Å². The second-order valence-electron chi connectivity index (χ2n) is 8.59. The van der Waals surface area contributed by atoms with Gasteiger partial charge in [0.25, 0.3) is 0 Å². The Morgan fingerprint density at radius 2 is 1.64 bits per heavy atom. The van der Waals surface area contributed by atoms with Gasteiger partial charge in [0.15, 0.2) is 0 Å². The number of anilines is 1. The minimum atomic E-state index is -3.76. The van der Waals surface area contributed by atoms with Crippen LogP contribution in [0.25, 0.3) is 0 Å². The number of methoxy groups -OCH3 is 2. The van der Waals surface area contributed by atoms with Crippen LogP contribution in [-0.2, 0) is 19.6 Å². The molecule has 3 rings (SSSR count). The first-order valence-corrected chi connectivity index (χ1v) is 12.9. The van der Waals surface area contributed by atoms with Crippen molar-refractivity contribution in [3.63, 3.8) is 0 Å². The molecule has 1 saturated carbocycles. The van der Waals surface area contributed by atoms with Crippen LogP contribution < -0.4 is 14.8 Å². The normalized spacial score (nSPS) is 16.6. The molecule has 2 aromatic carbocycles. The summed E-state index contributed by atoms with van der Waals surface area (Å²) in [5, 5.41) is 3.51. The summed E-state index contributed by atoms with van der Waals surface area (Å²) in [6.45, 7) is 1.85. The molecule has 1 fully saturated rings. The number of nitrogens with one attached hydrogen (secondary N) is 2. The van der Waals surface area contributed by atoms with Crippen LogP contribution in [0.2, 0.25) is 0 Å². The van der Waals surface area contributed by atoms with Crippen molar-refractivity contribution < 1.29 is 22.7 Å². The zero-order valence-corrected chi connectivity index (χ0v) is 20.4. The Kier molecular flexibility index (Phi) is 8.74. The number of carbonyl (C=O) groups excluding carboxylic acids is 1. The average molecular weight is 475 g/mol. The fraction of sp³-hybridized carbons (Fsp3) is 0.480. The molecule has 8 heteroatoms. The van der Waals surface area contributed by atoms with Crippen molar-refractivity contribution in [3.8, 4) is 5.75 Å². The van der Waals surface area contributed by atoms with Crippen LogP contribution in [0.4, 0.5) is 5.69 Å². The van der Waals surface area contributed by atoms with Crippen LogP contribution in [0.1, 0.15) is 37.7 Å². The summed E-state index contributed by atoms with van der Waals surface area (Å²) in [5.74, 6) is -0.141. The molecule has 0 saturated heterocycles. The molecule has 7 nitrogen and oxygen atoms in total. The molecule has 1 aliphatic rings. The monoisotopic (exact) mass is 474 g/mol. The lowest BCUT2D eigenvalue weighted by molar-refractivity contribution is -0.146. The van der Waals surface area contributed by atoms with Gasteiger partial charge < -0.3 is 14.8 Å². The molecule has 2 aromatic rings. The minimum absolute atomic E-state index is 0.0484. The van der Waals surface area contributed by atoms with E-state index in [4.69, 9.17) is 9.47 Å². The highest BCUT2D eigenvalue weighted by atomic mass is 32.2. The standard InChI is InChI=1S/C25H34N2O5S/c1-18-9-15-22(16-10-18)33(29,30)26-17-23(25(28)32-3)24(19-7-5-4-6-8-19)27-20-11-13-21(31-2)14-12-20/h9-16,19,23-24,26-27H,4-8,17H2,1-3H3/t23-,24+/m0/s1. The number of esters is 1. The number of benzene rings is 2. The Labute approximate surface area is 196 Å². The van der Waals surface area contributed by atoms with E-state index in [1.165, 1.54) is 13.5 Å². The maximum Gasteiger partial charge on any atom is 0.312 e. The molecule has 0 heterocycles. The smallest absolute Gasteiger partial charge is 0.312 e. The number of aryl methyl sites for hydroxylation is 1. The Bertz CT molecular complexity index is 1000. The van der Waals surface area contributed by atoms with Gasteiger partial charge in [0.05, 0.1) is 25.0 Å². The number of carbonyl (C=O) groups is 1. The molecule has 33 heavy (non-hydrogen) atoms. The first-order chi connectivity index (χ1) is 15.8. The van der Waals surface area contributed by atoms with Gasteiger partial charge in [-0.1, -0.05) is 37.0 Å². The van der Waals surface area contributed by atoms with Crippen LogP contribution in [0, 0.1) is 18.8 Å². The van der Waals surface area contributed by atoms with Crippen molar-refractivity contribution in [1.29, 1.82) is 0 Å². The zero-order valence-electron chi connectivity index (χ0n) is 19.5. The number of rotatable bonds is 10. The summed E-state index contributed by atoms with van der Waals surface area (Å²) in [6.07, 6.45) is 5.32. The molecule has 1 aliphatic carbocycles. The van der Waals surface area contributed by atoms with E-state index in [-0.39, 0.29) is 23.4 Å². The van der Waals surface area contributed by atoms with E-state index >= 15 is 0 Å². The second kappa shape index (κ2) is 11.5. The first-order valence-electron chi connectivity index (χ1n) is 11.4. The maximum absolute atomic E-state index is 12.9. The molecule has 0 spiro atoms. The summed E-state index contributed by atoms with van der Waals surface area (Å²) in [4.78, 5) is 13.0. The summed E-state index contributed by atoms with van der Waals surface area (Å²) in [6, 6.07) is 13.9. The molecule has 2 atom stereocenters. The Balaban J connectivity index is 1.84. The van der Waals surface area contributed by atoms with Crippen molar-refractivity contribution in [1.82, 2.24) is 4.72 Å². The van der Waals surface area contributed by atoms with Crippen molar-refractivity contribution in [2.75, 3.05) is 26.1 Å². The number of sulfonamides is 1. The van der Waals surface area contributed by atoms with E-state index in [0.29, 0.717) is 0 Å². The van der Waals surface area contributed by atoms with Gasteiger partial charge in [0, 0.05) is 18.3 Å². The molecular formula is C25H34N2O5S. The van der Waals surface area contributed by atoms with Gasteiger partial charge >= 0.3 is 5.97 Å². The predicted octanol–water partition coefficient (Wildman–Crippen LogP) is 4.13. The molecule has 2 N–H and O–H groups in total. The van der Waals surface area contributed by atoms with E-state index in [1.54, 1.807) is 31.4 Å². The molecular weight excluding hydrogens is 440 g/mol. The van der Waals surface area contributed by atoms with E-state index < -0.39 is 21.9 Å². The molecule has 0 bridgehead atoms. The minimum Gasteiger partial charge on any atom is -0.497 e. The quantitative estimate of drug-likeness (QED) is 0.503. The average Bonchev–Trinajstić information content (AvgIpc) is 2.84. The lowest BCUT2D eigenvalue weighted by atomic mass is 9.78. The van der Waals surface area contributed by atoms with Crippen molar-refractivity contribution in [3.05, 3.63) is 54.1 Å². The Hall–Kier alpha value is -2.58. The van der Waals surface area contributed by atoms with E-state index in [9.17, 15) is 13.2 Å². The Morgan fingerprint density at radius 1 is 1.00 bits per heavy atom. The van der Waals surface area contributed by atoms with Crippen molar-refractivity contribution >= 4 is 21.7 Å². The third-order valence-corrected chi connectivity index (χ3v) is 7.78. The van der Waals surface area contributed by atoms with Crippen LogP contribution in [0.15, 0.2) is 53.4 Å². The van der Waals surface area contributed by atoms with Gasteiger partial charge in [-0.2, -0.15) is 0 Å². The third-order valence-electron chi connectivity index (χ3n) is 6.34. The topological polar surface area (TPSA) is 93.7 Å². The summed E-state index contributed by atoms with van der Waals surface area (Å²) in [5.41, 5.74) is 1.82. The van der Waals surface area contributed by atoms with Crippen LogP contribution in [-0.4, -0.2) is 41.2 Å². The fourth-order valence-corrected chi connectivity index (χ4v) is 5.49. The molecule has 0 aromatic heterocycles. The third kappa shape index (κ3) is 6.71. The molecule has 0 unspecified atom stereocenters. The van der Waals surface area contributed by atoms with Gasteiger partial charge in [-0.25, -0.2) is 13.1 Å². The van der Waals surface area contributed by atoms with Gasteiger partial charge in [0.2, 0.25) is 10.0 Å². The van der Waals surface area contributed by atoms with Gasteiger partial charge in [-0.3, -0.25) is 4.79 Å². The Morgan fingerprint density at radius 3 is 2.21 bits per heavy atom. The van der Waals surface area contributed by atoms with Gasteiger partial charge in [-0.15, -0.1) is 0 Å². The number of hydrogen-bond acceptors (Lipinski definition) is 6. The largest absolute Gasteiger partial charge is 0.497 e. The summed E-state index contributed by atoms with van der Waals surface area (Å²) < 4.78 is 38.8. The number of hydrogen-bond donors (Lipinski definition) is 2. The summed E-state index contributed by atoms with van der Waals surface area (Å²) >= 11 is 0. The number of ether oxygens (including phenoxy) is 2. The predicted molar refractivity (Wildman–Crippen MR) is 129 cm³/mol. The zero-order chi connectivity index (χ0) is 23.8. The molecule has 0 radical (unpaired) electrons. The maximum atomic E-state index is 12.9. The van der Waals surface area contributed by atoms with E-state index in [2.05, 4.69) is 10.0 Å². The van der Waals surface area contributed by atoms with Gasteiger partial charge in [-0.05, 0) is 62.1 Å². The van der Waals surface area contributed by atoms with Crippen LogP contribution in [0.3, 0.4) is 0 Å². The summed E-state index contributed by atoms with van der Waals surface area (Å²) in [7, 11) is -0.808. The van der Waals surface area contributed by atoms with Crippen molar-refractivity contribution in [2.45, 2.75) is 50.0 Å².